The number of nitrogens with zero attached hydrogens (tertiary/aromatic N) is 4. The van der Waals surface area contributed by atoms with Crippen LogP contribution in [0.25, 0.3) is 63.3 Å². The van der Waals surface area contributed by atoms with Gasteiger partial charge in [-0.05, 0) is 180 Å². The first-order valence-corrected chi connectivity index (χ1v) is 44.1. The van der Waals surface area contributed by atoms with Crippen molar-refractivity contribution < 1.29 is 46.1 Å². The first-order valence-electron chi connectivity index (χ1n) is 40.8. The predicted octanol–water partition coefficient (Wildman–Crippen LogP) is 27.6. The van der Waals surface area contributed by atoms with E-state index in [0.29, 0.717) is 82.9 Å². The van der Waals surface area contributed by atoms with Crippen LogP contribution in [0.5, 0.6) is 23.0 Å². The van der Waals surface area contributed by atoms with E-state index in [2.05, 4.69) is 126 Å². The summed E-state index contributed by atoms with van der Waals surface area (Å²) >= 11 is 6.24. The molecular formula is C98H92F4N4O6S4. The van der Waals surface area contributed by atoms with Crippen LogP contribution in [0, 0.1) is 82.7 Å². The Morgan fingerprint density at radius 3 is 0.940 bits per heavy atom. The van der Waals surface area contributed by atoms with E-state index in [4.69, 9.17) is 32.1 Å². The smallest absolute Gasteiger partial charge is 0.270 e. The minimum atomic E-state index is -1.24. The molecule has 116 heavy (non-hydrogen) atoms. The Morgan fingerprint density at radius 1 is 0.414 bits per heavy atom. The van der Waals surface area contributed by atoms with Crippen LogP contribution in [0.4, 0.5) is 17.6 Å². The van der Waals surface area contributed by atoms with Crippen LogP contribution in [0.15, 0.2) is 156 Å². The topological polar surface area (TPSA) is 127 Å². The lowest BCUT2D eigenvalue weighted by atomic mass is 9.70. The molecule has 0 saturated heterocycles. The molecule has 10 aromatic rings. The second kappa shape index (κ2) is 35.6. The lowest BCUT2D eigenvalue weighted by Gasteiger charge is -2.33. The van der Waals surface area contributed by atoms with Crippen LogP contribution in [0.1, 0.15) is 243 Å². The Labute approximate surface area is 693 Å². The lowest BCUT2D eigenvalue weighted by Crippen LogP contribution is -2.28. The van der Waals surface area contributed by atoms with Gasteiger partial charge < -0.3 is 18.9 Å². The summed E-state index contributed by atoms with van der Waals surface area (Å²) in [5, 5.41) is 21.1. The molecule has 4 aromatic heterocycles. The molecule has 4 atom stereocenters. The molecule has 6 aromatic carbocycles. The zero-order valence-electron chi connectivity index (χ0n) is 66.7. The van der Waals surface area contributed by atoms with E-state index in [1.165, 1.54) is 22.7 Å². The van der Waals surface area contributed by atoms with Crippen LogP contribution in [0.3, 0.4) is 0 Å². The first kappa shape index (κ1) is 82.1. The maximum atomic E-state index is 15.4. The van der Waals surface area contributed by atoms with Gasteiger partial charge in [0.1, 0.15) is 23.0 Å². The number of halogens is 4. The van der Waals surface area contributed by atoms with Crippen molar-refractivity contribution in [2.75, 3.05) is 26.4 Å². The molecule has 0 spiro atoms. The van der Waals surface area contributed by atoms with Crippen molar-refractivity contribution in [1.82, 2.24) is 0 Å². The van der Waals surface area contributed by atoms with Gasteiger partial charge in [-0.1, -0.05) is 181 Å². The molecule has 0 amide bonds. The number of ether oxygens (including phenoxy) is 4. The number of benzene rings is 6. The molecule has 10 nitrogen and oxygen atoms in total. The molecule has 0 N–H and O–H groups in total. The molecule has 0 fully saturated rings. The molecule has 0 bridgehead atoms. The number of nitriles is 2. The molecule has 4 unspecified atom stereocenters. The van der Waals surface area contributed by atoms with Gasteiger partial charge in [0.15, 0.2) is 34.8 Å². The molecule has 4 aliphatic rings. The summed E-state index contributed by atoms with van der Waals surface area (Å²) in [5.41, 5.74) is 3.49. The summed E-state index contributed by atoms with van der Waals surface area (Å²) in [6.45, 7) is 36.1. The first-order chi connectivity index (χ1) is 56.4. The molecule has 18 heteroatoms. The van der Waals surface area contributed by atoms with Crippen LogP contribution < -0.4 is 18.9 Å². The van der Waals surface area contributed by atoms with E-state index >= 15 is 17.6 Å². The number of ketones is 2. The Balaban J connectivity index is 1.06. The summed E-state index contributed by atoms with van der Waals surface area (Å²) in [6.07, 6.45) is 20.0. The van der Waals surface area contributed by atoms with E-state index < -0.39 is 57.1 Å². The van der Waals surface area contributed by atoms with Crippen LogP contribution in [-0.4, -0.2) is 38.0 Å². The number of rotatable bonds is 34. The number of hydrogen-bond acceptors (Lipinski definition) is 12. The van der Waals surface area contributed by atoms with Crippen LogP contribution in [0.2, 0.25) is 0 Å². The molecule has 592 valence electrons. The second-order valence-electron chi connectivity index (χ2n) is 30.9. The van der Waals surface area contributed by atoms with E-state index in [-0.39, 0.29) is 44.5 Å². The van der Waals surface area contributed by atoms with Gasteiger partial charge in [-0.25, -0.2) is 37.8 Å². The third-order valence-electron chi connectivity index (χ3n) is 23.9. The molecule has 0 aliphatic heterocycles. The fourth-order valence-corrected chi connectivity index (χ4v) is 23.2. The molecule has 0 radical (unpaired) electrons. The molecule has 0 saturated carbocycles. The highest BCUT2D eigenvalue weighted by Gasteiger charge is 2.56. The average Bonchev–Trinajstić information content (AvgIpc) is 1.48. The van der Waals surface area contributed by atoms with E-state index in [1.807, 2.05) is 60.7 Å². The molecule has 4 heterocycles. The third-order valence-corrected chi connectivity index (χ3v) is 28.9. The van der Waals surface area contributed by atoms with Crippen LogP contribution in [-0.2, 0) is 10.8 Å². The van der Waals surface area contributed by atoms with Crippen molar-refractivity contribution in [3.05, 3.63) is 277 Å². The predicted molar refractivity (Wildman–Crippen MR) is 461 cm³/mol. The summed E-state index contributed by atoms with van der Waals surface area (Å²) in [7, 11) is 0. The average molecular weight is 1630 g/mol. The van der Waals surface area contributed by atoms with Crippen molar-refractivity contribution >= 4 is 89.6 Å². The van der Waals surface area contributed by atoms with E-state index in [9.17, 15) is 20.1 Å². The van der Waals surface area contributed by atoms with E-state index in [1.54, 1.807) is 34.8 Å². The van der Waals surface area contributed by atoms with Gasteiger partial charge >= 0.3 is 0 Å². The van der Waals surface area contributed by atoms with Gasteiger partial charge in [0, 0.05) is 84.9 Å². The van der Waals surface area contributed by atoms with Crippen molar-refractivity contribution in [1.29, 1.82) is 10.5 Å². The standard InChI is InChI=1S/C98H92F4N4O6S4/c1-11-19-23-57(15-5)53-109-65-35-27-61(28-36-65)97(62-29-37-66(38-30-62)110-54-58(16-6)24-20-12-2)87-91(77-45-69(113-95(77)97)43-75-85(83(51-103)105-9)71-47-79(99)81(101)49-73(71)89(75)107)115-94-88-92(116-93(87)94)78-46-70(44-76-86(84(52-104)106-10)72-48-80(100)82(102)50-74(72)90(76)108)114-96(78)98(88,63-31-39-67(40-32-63)111-55-59(17-7)25-21-13-3)64-33-41-68(42-34-64)112-56-60(18-8)26-22-14-4/h27-50,57-60H,11-26,53-56H2,1-8H3/b75-43-,76-44-,85-83-,86-84+. The Morgan fingerprint density at radius 2 is 0.690 bits per heavy atom. The van der Waals surface area contributed by atoms with Crippen molar-refractivity contribution in [2.45, 2.75) is 169 Å². The monoisotopic (exact) mass is 1620 g/mol. The summed E-state index contributed by atoms with van der Waals surface area (Å²) in [4.78, 5) is 41.8. The molecule has 4 aliphatic carbocycles. The lowest BCUT2D eigenvalue weighted by molar-refractivity contribution is 0.103. The maximum Gasteiger partial charge on any atom is 0.270 e. The van der Waals surface area contributed by atoms with Gasteiger partial charge in [-0.3, -0.25) is 9.59 Å². The zero-order valence-corrected chi connectivity index (χ0v) is 70.0. The van der Waals surface area contributed by atoms with Crippen molar-refractivity contribution in [3.63, 3.8) is 0 Å². The highest BCUT2D eigenvalue weighted by Crippen LogP contribution is 2.71. The van der Waals surface area contributed by atoms with Gasteiger partial charge in [0.25, 0.3) is 11.4 Å². The number of carbonyl (C=O) groups excluding carboxylic acids is 2. The van der Waals surface area contributed by atoms with Gasteiger partial charge in [-0.2, -0.15) is 0 Å². The summed E-state index contributed by atoms with van der Waals surface area (Å²) in [5.74, 6) is -2.00. The van der Waals surface area contributed by atoms with Crippen LogP contribution >= 0.6 is 45.3 Å². The largest absolute Gasteiger partial charge is 0.493 e. The Hall–Kier alpha value is -10.4. The summed E-state index contributed by atoms with van der Waals surface area (Å²) in [6, 6.07) is 45.0. The second-order valence-corrected chi connectivity index (χ2v) is 35.1. The maximum absolute atomic E-state index is 15.4. The van der Waals surface area contributed by atoms with Crippen molar-refractivity contribution in [2.24, 2.45) is 23.7 Å². The van der Waals surface area contributed by atoms with Gasteiger partial charge in [0.05, 0.1) is 71.9 Å². The number of carbonyl (C=O) groups is 2. The number of fused-ring (bicyclic) bond motifs is 11. The number of allylic oxidation sites excluding steroid dienone is 6. The van der Waals surface area contributed by atoms with Crippen molar-refractivity contribution in [3.8, 4) is 56.0 Å². The third kappa shape index (κ3) is 15.0. The quantitative estimate of drug-likeness (QED) is 0.0169. The highest BCUT2D eigenvalue weighted by atomic mass is 32.1. The van der Waals surface area contributed by atoms with Gasteiger partial charge in [-0.15, -0.1) is 45.3 Å². The Kier molecular flexibility index (Phi) is 25.2. The van der Waals surface area contributed by atoms with Gasteiger partial charge in [0.2, 0.25) is 0 Å². The number of unbranched alkanes of at least 4 members (excludes halogenated alkanes) is 4. The minimum Gasteiger partial charge on any atom is -0.493 e. The molecular weight excluding hydrogens is 1530 g/mol. The Bertz CT molecular complexity index is 5220. The summed E-state index contributed by atoms with van der Waals surface area (Å²) < 4.78 is 90.3. The normalized spacial score (nSPS) is 18.2. The van der Waals surface area contributed by atoms with E-state index in [0.717, 1.165) is 200 Å². The number of hydrogen-bond donors (Lipinski definition) is 0. The number of thiophene rings is 4. The fourth-order valence-electron chi connectivity index (χ4n) is 17.2. The molecule has 14 rings (SSSR count). The fraction of sp³-hybridized carbons (Fsp3) is 0.347. The SMILES string of the molecule is [C-]#[N+]/C(C#N)=C1\C(=C\c2cc3c(s2)C(c2ccc(OCC(CC)CCCC)cc2)(c2ccc(OCC(CC)CCCC)cc2)c2c-3sc3c4c(sc23)-c2cc(/C=C3\C(=O)c5cc(F)c(F)cc5\C3=C(\C#N)[N+]#[C-])sc2C4(c2ccc(OCC(CC)CCCC)cc2)c2ccc(OCC(CC)CCCC)cc2)C(=O)c2cc(F)c(F)cc21. The number of Topliss-reactive ketones (excluding diaryl/α,β-unsaturated/α-hetero) is 2. The highest BCUT2D eigenvalue weighted by molar-refractivity contribution is 7.32. The minimum absolute atomic E-state index is 0.0393. The zero-order chi connectivity index (χ0) is 81.7.